The molecule has 1 atom stereocenters. The molecule has 2 aromatic carbocycles. The zero-order valence-corrected chi connectivity index (χ0v) is 16.2. The van der Waals surface area contributed by atoms with Gasteiger partial charge in [-0.25, -0.2) is 4.98 Å². The van der Waals surface area contributed by atoms with Crippen molar-refractivity contribution >= 4 is 16.8 Å². The minimum atomic E-state index is -0.0688. The second-order valence-corrected chi connectivity index (χ2v) is 7.45. The molecule has 1 amide bonds. The molecule has 0 aliphatic carbocycles. The second kappa shape index (κ2) is 7.13. The van der Waals surface area contributed by atoms with E-state index in [0.717, 1.165) is 29.0 Å². The molecular formula is C23H21N5O. The molecule has 1 aliphatic rings. The lowest BCUT2D eigenvalue weighted by Crippen LogP contribution is -2.42. The SMILES string of the molecule is Cc1nnc2n1[C@H](Cc1ccccc1)CN(C(=O)c1ccc3ccccc3n1)C2. The van der Waals surface area contributed by atoms with Crippen molar-refractivity contribution in [3.05, 3.63) is 89.6 Å². The van der Waals surface area contributed by atoms with Crippen molar-refractivity contribution in [3.63, 3.8) is 0 Å². The Labute approximate surface area is 168 Å². The Morgan fingerprint density at radius 2 is 1.79 bits per heavy atom. The van der Waals surface area contributed by atoms with Crippen molar-refractivity contribution in [1.29, 1.82) is 0 Å². The van der Waals surface area contributed by atoms with E-state index in [2.05, 4.69) is 31.9 Å². The van der Waals surface area contributed by atoms with Crippen molar-refractivity contribution in [3.8, 4) is 0 Å². The molecule has 144 valence electrons. The first-order chi connectivity index (χ1) is 14.2. The molecule has 29 heavy (non-hydrogen) atoms. The van der Waals surface area contributed by atoms with Gasteiger partial charge in [0.25, 0.3) is 5.91 Å². The molecule has 6 heteroatoms. The minimum Gasteiger partial charge on any atom is -0.328 e. The maximum Gasteiger partial charge on any atom is 0.272 e. The summed E-state index contributed by atoms with van der Waals surface area (Å²) in [5.74, 6) is 1.64. The predicted molar refractivity (Wildman–Crippen MR) is 110 cm³/mol. The molecule has 2 aromatic heterocycles. The quantitative estimate of drug-likeness (QED) is 0.542. The molecule has 3 heterocycles. The molecule has 0 spiro atoms. The average Bonchev–Trinajstić information content (AvgIpc) is 3.14. The first-order valence-corrected chi connectivity index (χ1v) is 9.78. The summed E-state index contributed by atoms with van der Waals surface area (Å²) in [5.41, 5.74) is 2.52. The predicted octanol–water partition coefficient (Wildman–Crippen LogP) is 3.57. The van der Waals surface area contributed by atoms with E-state index in [0.29, 0.717) is 18.8 Å². The summed E-state index contributed by atoms with van der Waals surface area (Å²) in [5, 5.41) is 9.61. The van der Waals surface area contributed by atoms with E-state index in [4.69, 9.17) is 0 Å². The van der Waals surface area contributed by atoms with Crippen LogP contribution in [0.3, 0.4) is 0 Å². The van der Waals surface area contributed by atoms with Crippen molar-refractivity contribution in [1.82, 2.24) is 24.6 Å². The Bertz CT molecular complexity index is 1180. The average molecular weight is 383 g/mol. The van der Waals surface area contributed by atoms with Gasteiger partial charge in [0.2, 0.25) is 0 Å². The number of rotatable bonds is 3. The number of aryl methyl sites for hydroxylation is 1. The summed E-state index contributed by atoms with van der Waals surface area (Å²) >= 11 is 0. The van der Waals surface area contributed by atoms with E-state index < -0.39 is 0 Å². The zero-order valence-electron chi connectivity index (χ0n) is 16.2. The number of fused-ring (bicyclic) bond motifs is 2. The van der Waals surface area contributed by atoms with E-state index in [9.17, 15) is 4.79 Å². The number of nitrogens with zero attached hydrogens (tertiary/aromatic N) is 5. The van der Waals surface area contributed by atoms with E-state index in [1.165, 1.54) is 5.56 Å². The summed E-state index contributed by atoms with van der Waals surface area (Å²) in [6.07, 6.45) is 0.821. The lowest BCUT2D eigenvalue weighted by molar-refractivity contribution is 0.0666. The maximum atomic E-state index is 13.3. The number of hydrogen-bond donors (Lipinski definition) is 0. The van der Waals surface area contributed by atoms with Crippen LogP contribution >= 0.6 is 0 Å². The molecule has 0 radical (unpaired) electrons. The van der Waals surface area contributed by atoms with Crippen molar-refractivity contribution in [2.45, 2.75) is 25.9 Å². The number of benzene rings is 2. The van der Waals surface area contributed by atoms with E-state index in [-0.39, 0.29) is 11.9 Å². The maximum absolute atomic E-state index is 13.3. The standard InChI is InChI=1S/C23H21N5O/c1-16-25-26-22-15-27(14-19(28(16)22)13-17-7-3-2-4-8-17)23(29)21-12-11-18-9-5-6-10-20(18)24-21/h2-12,19H,13-15H2,1H3/t19-/m1/s1. The van der Waals surface area contributed by atoms with Gasteiger partial charge in [-0.2, -0.15) is 0 Å². The van der Waals surface area contributed by atoms with Crippen molar-refractivity contribution in [2.75, 3.05) is 6.54 Å². The van der Waals surface area contributed by atoms with Crippen LogP contribution in [0.5, 0.6) is 0 Å². The molecule has 1 aliphatic heterocycles. The smallest absolute Gasteiger partial charge is 0.272 e. The molecule has 0 fully saturated rings. The van der Waals surface area contributed by atoms with Gasteiger partial charge in [0.05, 0.1) is 18.1 Å². The zero-order chi connectivity index (χ0) is 19.8. The third-order valence-corrected chi connectivity index (χ3v) is 5.48. The Balaban J connectivity index is 1.46. The highest BCUT2D eigenvalue weighted by Gasteiger charge is 2.31. The van der Waals surface area contributed by atoms with Gasteiger partial charge in [-0.15, -0.1) is 10.2 Å². The second-order valence-electron chi connectivity index (χ2n) is 7.45. The minimum absolute atomic E-state index is 0.0688. The molecule has 0 saturated heterocycles. The number of pyridine rings is 1. The number of carbonyl (C=O) groups excluding carboxylic acids is 1. The lowest BCUT2D eigenvalue weighted by atomic mass is 10.0. The van der Waals surface area contributed by atoms with Gasteiger partial charge in [-0.3, -0.25) is 4.79 Å². The Hall–Kier alpha value is -3.54. The summed E-state index contributed by atoms with van der Waals surface area (Å²) < 4.78 is 2.17. The van der Waals surface area contributed by atoms with Crippen molar-refractivity contribution in [2.24, 2.45) is 0 Å². The molecule has 0 bridgehead atoms. The van der Waals surface area contributed by atoms with Crippen LogP contribution in [0.25, 0.3) is 10.9 Å². The molecular weight excluding hydrogens is 362 g/mol. The van der Waals surface area contributed by atoms with E-state index >= 15 is 0 Å². The number of aromatic nitrogens is 4. The van der Waals surface area contributed by atoms with Crippen LogP contribution in [-0.4, -0.2) is 37.1 Å². The molecule has 0 unspecified atom stereocenters. The Morgan fingerprint density at radius 3 is 2.66 bits per heavy atom. The van der Waals surface area contributed by atoms with Crippen LogP contribution in [0.1, 0.15) is 33.7 Å². The van der Waals surface area contributed by atoms with Gasteiger partial charge in [0.15, 0.2) is 5.82 Å². The largest absolute Gasteiger partial charge is 0.328 e. The third kappa shape index (κ3) is 3.27. The van der Waals surface area contributed by atoms with Crippen LogP contribution in [0.4, 0.5) is 0 Å². The molecule has 4 aromatic rings. The van der Waals surface area contributed by atoms with Gasteiger partial charge in [0.1, 0.15) is 11.5 Å². The topological polar surface area (TPSA) is 63.9 Å². The van der Waals surface area contributed by atoms with Gasteiger partial charge in [-0.05, 0) is 31.0 Å². The van der Waals surface area contributed by atoms with Crippen LogP contribution in [0.2, 0.25) is 0 Å². The van der Waals surface area contributed by atoms with E-state index in [1.54, 1.807) is 6.07 Å². The normalized spacial score (nSPS) is 16.0. The first-order valence-electron chi connectivity index (χ1n) is 9.78. The number of amides is 1. The monoisotopic (exact) mass is 383 g/mol. The molecule has 0 saturated carbocycles. The molecule has 5 rings (SSSR count). The third-order valence-electron chi connectivity index (χ3n) is 5.48. The Morgan fingerprint density at radius 1 is 1.00 bits per heavy atom. The fourth-order valence-electron chi connectivity index (χ4n) is 4.11. The molecule has 0 N–H and O–H groups in total. The van der Waals surface area contributed by atoms with Crippen LogP contribution in [-0.2, 0) is 13.0 Å². The van der Waals surface area contributed by atoms with Gasteiger partial charge < -0.3 is 9.47 Å². The highest BCUT2D eigenvalue weighted by atomic mass is 16.2. The van der Waals surface area contributed by atoms with Crippen LogP contribution < -0.4 is 0 Å². The van der Waals surface area contributed by atoms with E-state index in [1.807, 2.05) is 60.4 Å². The fourth-order valence-corrected chi connectivity index (χ4v) is 4.11. The number of hydrogen-bond acceptors (Lipinski definition) is 4. The van der Waals surface area contributed by atoms with Crippen molar-refractivity contribution < 1.29 is 4.79 Å². The highest BCUT2D eigenvalue weighted by Crippen LogP contribution is 2.26. The fraction of sp³-hybridized carbons (Fsp3) is 0.217. The van der Waals surface area contributed by atoms with Gasteiger partial charge in [0, 0.05) is 11.9 Å². The first kappa shape index (κ1) is 17.6. The van der Waals surface area contributed by atoms with Gasteiger partial charge >= 0.3 is 0 Å². The summed E-state index contributed by atoms with van der Waals surface area (Å²) in [6.45, 7) is 3.02. The summed E-state index contributed by atoms with van der Waals surface area (Å²) in [4.78, 5) is 19.7. The molecule has 6 nitrogen and oxygen atoms in total. The van der Waals surface area contributed by atoms with Crippen LogP contribution in [0, 0.1) is 6.92 Å². The highest BCUT2D eigenvalue weighted by molar-refractivity contribution is 5.95. The summed E-state index contributed by atoms with van der Waals surface area (Å²) in [7, 11) is 0. The summed E-state index contributed by atoms with van der Waals surface area (Å²) in [6, 6.07) is 22.0. The Kier molecular flexibility index (Phi) is 4.31. The van der Waals surface area contributed by atoms with Gasteiger partial charge in [-0.1, -0.05) is 54.6 Å². The van der Waals surface area contributed by atoms with Crippen LogP contribution in [0.15, 0.2) is 66.7 Å². The number of carbonyl (C=O) groups is 1. The lowest BCUT2D eigenvalue weighted by Gasteiger charge is -2.34. The number of para-hydroxylation sites is 1.